The van der Waals surface area contributed by atoms with Crippen LogP contribution in [0.2, 0.25) is 0 Å². The molecule has 29 heavy (non-hydrogen) atoms. The van der Waals surface area contributed by atoms with Crippen LogP contribution >= 0.6 is 11.3 Å². The van der Waals surface area contributed by atoms with Gasteiger partial charge in [-0.3, -0.25) is 14.4 Å². The Balaban J connectivity index is 1.44. The number of nitrogens with one attached hydrogen (secondary N) is 1. The molecule has 1 fully saturated rings. The van der Waals surface area contributed by atoms with Crippen LogP contribution in [-0.4, -0.2) is 42.4 Å². The summed E-state index contributed by atoms with van der Waals surface area (Å²) in [5.74, 6) is -2.01. The number of anilines is 1. The zero-order valence-electron chi connectivity index (χ0n) is 15.4. The Bertz CT molecular complexity index is 943. The van der Waals surface area contributed by atoms with Crippen LogP contribution in [0.15, 0.2) is 35.7 Å². The molecule has 1 aliphatic heterocycles. The number of rotatable bonds is 5. The SMILES string of the molecule is N#Cc1ccsc1NC(=O)COC(=O)C1CCN(C(=O)c2ccc(F)cc2)CC1. The van der Waals surface area contributed by atoms with E-state index in [0.717, 1.165) is 0 Å². The molecule has 1 aliphatic rings. The molecule has 1 N–H and O–H groups in total. The highest BCUT2D eigenvalue weighted by Crippen LogP contribution is 2.23. The van der Waals surface area contributed by atoms with E-state index in [-0.39, 0.29) is 5.91 Å². The van der Waals surface area contributed by atoms with Gasteiger partial charge in [-0.15, -0.1) is 11.3 Å². The van der Waals surface area contributed by atoms with Crippen LogP contribution in [-0.2, 0) is 14.3 Å². The summed E-state index contributed by atoms with van der Waals surface area (Å²) in [4.78, 5) is 38.2. The van der Waals surface area contributed by atoms with Crippen LogP contribution in [0.1, 0.15) is 28.8 Å². The van der Waals surface area contributed by atoms with Crippen molar-refractivity contribution >= 4 is 34.1 Å². The Hall–Kier alpha value is -3.25. The zero-order valence-corrected chi connectivity index (χ0v) is 16.2. The minimum absolute atomic E-state index is 0.208. The normalized spacial score (nSPS) is 14.1. The topological polar surface area (TPSA) is 99.5 Å². The zero-order chi connectivity index (χ0) is 20.8. The Morgan fingerprint density at radius 3 is 2.55 bits per heavy atom. The Morgan fingerprint density at radius 1 is 1.21 bits per heavy atom. The molecule has 0 unspecified atom stereocenters. The molecule has 1 saturated heterocycles. The smallest absolute Gasteiger partial charge is 0.309 e. The maximum atomic E-state index is 13.0. The van der Waals surface area contributed by atoms with Crippen LogP contribution in [0.25, 0.3) is 0 Å². The number of carbonyl (C=O) groups excluding carboxylic acids is 3. The first-order chi connectivity index (χ1) is 14.0. The van der Waals surface area contributed by atoms with Gasteiger partial charge in [0, 0.05) is 18.7 Å². The minimum atomic E-state index is -0.513. The quantitative estimate of drug-likeness (QED) is 0.757. The van der Waals surface area contributed by atoms with E-state index in [1.54, 1.807) is 16.3 Å². The first-order valence-corrected chi connectivity index (χ1v) is 9.85. The summed E-state index contributed by atoms with van der Waals surface area (Å²) in [7, 11) is 0. The lowest BCUT2D eigenvalue weighted by atomic mass is 9.96. The number of hydrogen-bond donors (Lipinski definition) is 1. The van der Waals surface area contributed by atoms with Crippen molar-refractivity contribution in [1.82, 2.24) is 4.90 Å². The summed E-state index contributed by atoms with van der Waals surface area (Å²) in [6.45, 7) is 0.322. The first kappa shape index (κ1) is 20.5. The highest BCUT2D eigenvalue weighted by molar-refractivity contribution is 7.14. The lowest BCUT2D eigenvalue weighted by Crippen LogP contribution is -2.41. The molecule has 0 aliphatic carbocycles. The van der Waals surface area contributed by atoms with Gasteiger partial charge in [-0.25, -0.2) is 4.39 Å². The molecule has 0 saturated carbocycles. The second-order valence-electron chi connectivity index (χ2n) is 6.50. The van der Waals surface area contributed by atoms with E-state index in [1.807, 2.05) is 6.07 Å². The largest absolute Gasteiger partial charge is 0.455 e. The van der Waals surface area contributed by atoms with Crippen molar-refractivity contribution in [3.63, 3.8) is 0 Å². The van der Waals surface area contributed by atoms with Crippen molar-refractivity contribution in [3.05, 3.63) is 52.7 Å². The molecule has 7 nitrogen and oxygen atoms in total. The van der Waals surface area contributed by atoms with Gasteiger partial charge in [-0.2, -0.15) is 5.26 Å². The molecule has 150 valence electrons. The van der Waals surface area contributed by atoms with Crippen LogP contribution in [0.5, 0.6) is 0 Å². The van der Waals surface area contributed by atoms with Crippen molar-refractivity contribution in [2.75, 3.05) is 25.0 Å². The second kappa shape index (κ2) is 9.30. The van der Waals surface area contributed by atoms with Crippen molar-refractivity contribution < 1.29 is 23.5 Å². The molecule has 1 aromatic heterocycles. The molecule has 2 aromatic rings. The maximum Gasteiger partial charge on any atom is 0.309 e. The summed E-state index contributed by atoms with van der Waals surface area (Å²) >= 11 is 1.21. The summed E-state index contributed by atoms with van der Waals surface area (Å²) < 4.78 is 18.1. The van der Waals surface area contributed by atoms with Gasteiger partial charge in [0.1, 0.15) is 16.9 Å². The average Bonchev–Trinajstić information content (AvgIpc) is 3.19. The summed E-state index contributed by atoms with van der Waals surface area (Å²) in [6, 6.07) is 8.89. The second-order valence-corrected chi connectivity index (χ2v) is 7.42. The molecule has 1 aromatic carbocycles. The predicted octanol–water partition coefficient (Wildman–Crippen LogP) is 2.79. The predicted molar refractivity (Wildman–Crippen MR) is 104 cm³/mol. The van der Waals surface area contributed by atoms with Crippen molar-refractivity contribution in [1.29, 1.82) is 5.26 Å². The maximum absolute atomic E-state index is 13.0. The fraction of sp³-hybridized carbons (Fsp3) is 0.300. The van der Waals surface area contributed by atoms with E-state index < -0.39 is 30.2 Å². The number of likely N-dealkylation sites (tertiary alicyclic amines) is 1. The van der Waals surface area contributed by atoms with E-state index in [9.17, 15) is 18.8 Å². The number of thiophene rings is 1. The van der Waals surface area contributed by atoms with Gasteiger partial charge in [0.05, 0.1) is 11.5 Å². The number of nitrogens with zero attached hydrogens (tertiary/aromatic N) is 2. The van der Waals surface area contributed by atoms with Crippen molar-refractivity contribution in [2.24, 2.45) is 5.92 Å². The van der Waals surface area contributed by atoms with Gasteiger partial charge < -0.3 is 15.0 Å². The lowest BCUT2D eigenvalue weighted by Gasteiger charge is -2.31. The van der Waals surface area contributed by atoms with E-state index in [0.29, 0.717) is 42.1 Å². The first-order valence-electron chi connectivity index (χ1n) is 8.97. The third kappa shape index (κ3) is 5.18. The third-order valence-electron chi connectivity index (χ3n) is 4.59. The molecule has 2 heterocycles. The molecule has 0 radical (unpaired) electrons. The van der Waals surface area contributed by atoms with Gasteiger partial charge in [0.15, 0.2) is 6.61 Å². The van der Waals surface area contributed by atoms with Gasteiger partial charge in [-0.05, 0) is 48.6 Å². The monoisotopic (exact) mass is 415 g/mol. The standard InChI is InChI=1S/C20H18FN3O4S/c21-16-3-1-13(2-4-16)19(26)24-8-5-14(6-9-24)20(27)28-12-17(25)23-18-15(11-22)7-10-29-18/h1-4,7,10,14H,5-6,8-9,12H2,(H,23,25). The van der Waals surface area contributed by atoms with E-state index in [4.69, 9.17) is 10.00 Å². The number of carbonyl (C=O) groups is 3. The highest BCUT2D eigenvalue weighted by atomic mass is 32.1. The fourth-order valence-corrected chi connectivity index (χ4v) is 3.76. The van der Waals surface area contributed by atoms with Crippen LogP contribution in [0, 0.1) is 23.1 Å². The number of amides is 2. The molecule has 0 atom stereocenters. The fourth-order valence-electron chi connectivity index (χ4n) is 3.00. The number of nitriles is 1. The van der Waals surface area contributed by atoms with Crippen LogP contribution in [0.4, 0.5) is 9.39 Å². The summed E-state index contributed by atoms with van der Waals surface area (Å²) in [6.07, 6.45) is 0.855. The van der Waals surface area contributed by atoms with Crippen LogP contribution in [0.3, 0.4) is 0 Å². The molecular weight excluding hydrogens is 397 g/mol. The molecular formula is C20H18FN3O4S. The number of piperidine rings is 1. The highest BCUT2D eigenvalue weighted by Gasteiger charge is 2.29. The third-order valence-corrected chi connectivity index (χ3v) is 5.42. The van der Waals surface area contributed by atoms with Gasteiger partial charge in [-0.1, -0.05) is 0 Å². The van der Waals surface area contributed by atoms with Gasteiger partial charge >= 0.3 is 5.97 Å². The Kier molecular flexibility index (Phi) is 6.57. The van der Waals surface area contributed by atoms with E-state index >= 15 is 0 Å². The van der Waals surface area contributed by atoms with Crippen molar-refractivity contribution in [2.45, 2.75) is 12.8 Å². The summed E-state index contributed by atoms with van der Waals surface area (Å²) in [5, 5.41) is 13.6. The molecule has 0 spiro atoms. The number of hydrogen-bond acceptors (Lipinski definition) is 6. The number of halogens is 1. The van der Waals surface area contributed by atoms with Gasteiger partial charge in [0.25, 0.3) is 11.8 Å². The molecule has 3 rings (SSSR count). The van der Waals surface area contributed by atoms with Crippen molar-refractivity contribution in [3.8, 4) is 6.07 Å². The number of benzene rings is 1. The Labute approximate surface area is 170 Å². The molecule has 0 bridgehead atoms. The number of ether oxygens (including phenoxy) is 1. The molecule has 9 heteroatoms. The average molecular weight is 415 g/mol. The Morgan fingerprint density at radius 2 is 1.90 bits per heavy atom. The molecule has 2 amide bonds. The van der Waals surface area contributed by atoms with E-state index in [2.05, 4.69) is 5.32 Å². The lowest BCUT2D eigenvalue weighted by molar-refractivity contribution is -0.152. The van der Waals surface area contributed by atoms with Gasteiger partial charge in [0.2, 0.25) is 0 Å². The van der Waals surface area contributed by atoms with Crippen LogP contribution < -0.4 is 5.32 Å². The van der Waals surface area contributed by atoms with E-state index in [1.165, 1.54) is 35.6 Å². The summed E-state index contributed by atoms with van der Waals surface area (Å²) in [5.41, 5.74) is 0.752. The number of esters is 1. The minimum Gasteiger partial charge on any atom is -0.455 e.